The Morgan fingerprint density at radius 1 is 1.05 bits per heavy atom. The van der Waals surface area contributed by atoms with E-state index in [0.717, 1.165) is 11.3 Å². The van der Waals surface area contributed by atoms with E-state index in [-0.39, 0.29) is 23.7 Å². The molecule has 12 heteroatoms. The molecule has 2 heterocycles. The largest absolute Gasteiger partial charge is 0.493 e. The van der Waals surface area contributed by atoms with Crippen LogP contribution < -0.4 is 33.8 Å². The Morgan fingerprint density at radius 3 is 2.36 bits per heavy atom. The number of carbonyl (C=O) groups is 1. The first-order valence-electron chi connectivity index (χ1n) is 11.8. The summed E-state index contributed by atoms with van der Waals surface area (Å²) in [6.07, 6.45) is 1.59. The molecular weight excluding hydrogens is 534 g/mol. The summed E-state index contributed by atoms with van der Waals surface area (Å²) in [5, 5.41) is 0. The second kappa shape index (κ2) is 11.7. The molecule has 0 fully saturated rings. The van der Waals surface area contributed by atoms with E-state index < -0.39 is 24.2 Å². The predicted molar refractivity (Wildman–Crippen MR) is 140 cm³/mol. The summed E-state index contributed by atoms with van der Waals surface area (Å²) in [6, 6.07) is 8.63. The van der Waals surface area contributed by atoms with Gasteiger partial charge in [-0.15, -0.1) is 0 Å². The third-order valence-electron chi connectivity index (χ3n) is 5.94. The van der Waals surface area contributed by atoms with Gasteiger partial charge in [0.2, 0.25) is 0 Å². The summed E-state index contributed by atoms with van der Waals surface area (Å²) >= 11 is 1.13. The Labute approximate surface area is 226 Å². The first kappa shape index (κ1) is 27.8. The minimum atomic E-state index is -3.01. The van der Waals surface area contributed by atoms with Crippen molar-refractivity contribution in [2.75, 3.05) is 27.9 Å². The van der Waals surface area contributed by atoms with Gasteiger partial charge in [0.1, 0.15) is 0 Å². The third-order valence-corrected chi connectivity index (χ3v) is 6.92. The molecule has 0 amide bonds. The molecule has 0 saturated heterocycles. The van der Waals surface area contributed by atoms with Crippen molar-refractivity contribution in [3.63, 3.8) is 0 Å². The van der Waals surface area contributed by atoms with Crippen LogP contribution in [0, 0.1) is 0 Å². The second-order valence-electron chi connectivity index (χ2n) is 8.21. The molecule has 39 heavy (non-hydrogen) atoms. The number of methoxy groups -OCH3 is 3. The number of allylic oxidation sites excluding steroid dienone is 1. The highest BCUT2D eigenvalue weighted by molar-refractivity contribution is 7.07. The van der Waals surface area contributed by atoms with Gasteiger partial charge in [-0.1, -0.05) is 23.5 Å². The molecule has 1 aromatic heterocycles. The smallest absolute Gasteiger partial charge is 0.387 e. The average Bonchev–Trinajstić information content (AvgIpc) is 3.21. The Kier molecular flexibility index (Phi) is 8.34. The molecule has 0 spiro atoms. The number of nitrogens with zero attached hydrogens (tertiary/aromatic N) is 2. The number of carbonyl (C=O) groups excluding carboxylic acids is 1. The van der Waals surface area contributed by atoms with Crippen LogP contribution in [0.25, 0.3) is 6.08 Å². The molecule has 1 unspecified atom stereocenters. The van der Waals surface area contributed by atoms with E-state index in [1.807, 2.05) is 0 Å². The van der Waals surface area contributed by atoms with E-state index in [4.69, 9.17) is 18.9 Å². The van der Waals surface area contributed by atoms with Gasteiger partial charge in [0.15, 0.2) is 27.8 Å². The van der Waals surface area contributed by atoms with Crippen molar-refractivity contribution in [1.82, 2.24) is 4.57 Å². The lowest BCUT2D eigenvalue weighted by molar-refractivity contribution is -0.139. The van der Waals surface area contributed by atoms with Gasteiger partial charge < -0.3 is 23.7 Å². The molecule has 206 valence electrons. The molecule has 0 N–H and O–H groups in total. The zero-order valence-corrected chi connectivity index (χ0v) is 22.6. The zero-order valence-electron chi connectivity index (χ0n) is 21.8. The number of alkyl halides is 2. The van der Waals surface area contributed by atoms with Crippen molar-refractivity contribution in [3.05, 3.63) is 78.5 Å². The van der Waals surface area contributed by atoms with E-state index in [1.54, 1.807) is 38.1 Å². The van der Waals surface area contributed by atoms with Gasteiger partial charge in [-0.2, -0.15) is 8.78 Å². The lowest BCUT2D eigenvalue weighted by Gasteiger charge is -2.25. The fraction of sp³-hybridized carbons (Fsp3) is 0.296. The Morgan fingerprint density at radius 2 is 1.72 bits per heavy atom. The molecular formula is C27H26F2N2O7S. The number of esters is 1. The van der Waals surface area contributed by atoms with Crippen molar-refractivity contribution < 1.29 is 37.3 Å². The number of hydrogen-bond acceptors (Lipinski definition) is 9. The highest BCUT2D eigenvalue weighted by Crippen LogP contribution is 2.36. The van der Waals surface area contributed by atoms with E-state index >= 15 is 0 Å². The summed E-state index contributed by atoms with van der Waals surface area (Å²) in [5.41, 5.74) is 1.34. The SMILES string of the molecule is CCOC(=O)C1=C(C)N=c2sc(=Cc3ccc(OC(F)F)c(OC)c3)c(=O)n2C1c1ccc(OC)c(OC)c1. The lowest BCUT2D eigenvalue weighted by atomic mass is 9.95. The van der Waals surface area contributed by atoms with Crippen LogP contribution in [0.2, 0.25) is 0 Å². The number of halogens is 2. The molecule has 9 nitrogen and oxygen atoms in total. The zero-order chi connectivity index (χ0) is 28.3. The number of ether oxygens (including phenoxy) is 5. The summed E-state index contributed by atoms with van der Waals surface area (Å²) < 4.78 is 52.9. The fourth-order valence-electron chi connectivity index (χ4n) is 4.25. The quantitative estimate of drug-likeness (QED) is 0.370. The van der Waals surface area contributed by atoms with Crippen LogP contribution >= 0.6 is 11.3 Å². The first-order chi connectivity index (χ1) is 18.7. The number of benzene rings is 2. The number of hydrogen-bond donors (Lipinski definition) is 0. The van der Waals surface area contributed by atoms with Crippen molar-refractivity contribution in [1.29, 1.82) is 0 Å². The van der Waals surface area contributed by atoms with E-state index in [0.29, 0.717) is 37.7 Å². The van der Waals surface area contributed by atoms with Crippen LogP contribution in [-0.2, 0) is 9.53 Å². The maximum absolute atomic E-state index is 13.8. The highest BCUT2D eigenvalue weighted by atomic mass is 32.1. The van der Waals surface area contributed by atoms with E-state index in [9.17, 15) is 18.4 Å². The predicted octanol–water partition coefficient (Wildman–Crippen LogP) is 3.43. The van der Waals surface area contributed by atoms with E-state index in [1.165, 1.54) is 44.1 Å². The second-order valence-corrected chi connectivity index (χ2v) is 9.21. The molecule has 2 aromatic carbocycles. The third kappa shape index (κ3) is 5.51. The fourth-order valence-corrected chi connectivity index (χ4v) is 5.30. The van der Waals surface area contributed by atoms with Crippen LogP contribution in [0.3, 0.4) is 0 Å². The maximum atomic E-state index is 13.8. The molecule has 3 aromatic rings. The standard InChI is InChI=1S/C27H26F2N2O7S/c1-6-37-25(33)22-14(2)30-27-31(23(22)16-8-10-17(34-3)20(13-16)36-5)24(32)21(39-27)12-15-7-9-18(38-26(28)29)19(11-15)35-4/h7-13,23,26H,6H2,1-5H3. The molecule has 1 atom stereocenters. The van der Waals surface area contributed by atoms with Gasteiger partial charge in [0, 0.05) is 0 Å². The van der Waals surface area contributed by atoms with Gasteiger partial charge in [-0.05, 0) is 55.3 Å². The monoisotopic (exact) mass is 560 g/mol. The van der Waals surface area contributed by atoms with Gasteiger partial charge >= 0.3 is 12.6 Å². The van der Waals surface area contributed by atoms with Gasteiger partial charge in [-0.3, -0.25) is 9.36 Å². The summed E-state index contributed by atoms with van der Waals surface area (Å²) in [7, 11) is 4.33. The molecule has 1 aliphatic rings. The first-order valence-corrected chi connectivity index (χ1v) is 12.6. The van der Waals surface area contributed by atoms with Crippen LogP contribution in [0.4, 0.5) is 8.78 Å². The van der Waals surface area contributed by atoms with Crippen LogP contribution in [0.5, 0.6) is 23.0 Å². The van der Waals surface area contributed by atoms with Crippen LogP contribution in [-0.4, -0.2) is 45.1 Å². The van der Waals surface area contributed by atoms with Crippen molar-refractivity contribution in [2.24, 2.45) is 4.99 Å². The Balaban J connectivity index is 1.91. The Hall–Kier alpha value is -4.19. The van der Waals surface area contributed by atoms with Gasteiger partial charge in [0.05, 0.1) is 49.8 Å². The number of thiazole rings is 1. The summed E-state index contributed by atoms with van der Waals surface area (Å²) in [6.45, 7) is 0.511. The van der Waals surface area contributed by atoms with Crippen molar-refractivity contribution in [2.45, 2.75) is 26.5 Å². The topological polar surface area (TPSA) is 97.6 Å². The Bertz CT molecular complexity index is 1610. The van der Waals surface area contributed by atoms with E-state index in [2.05, 4.69) is 9.73 Å². The van der Waals surface area contributed by atoms with Crippen molar-refractivity contribution in [3.8, 4) is 23.0 Å². The average molecular weight is 561 g/mol. The van der Waals surface area contributed by atoms with Crippen molar-refractivity contribution >= 4 is 23.4 Å². The summed E-state index contributed by atoms with van der Waals surface area (Å²) in [4.78, 5) is 31.8. The highest BCUT2D eigenvalue weighted by Gasteiger charge is 2.34. The molecule has 0 aliphatic carbocycles. The number of aromatic nitrogens is 1. The molecule has 0 radical (unpaired) electrons. The maximum Gasteiger partial charge on any atom is 0.387 e. The van der Waals surface area contributed by atoms with Gasteiger partial charge in [0.25, 0.3) is 5.56 Å². The minimum Gasteiger partial charge on any atom is -0.493 e. The number of rotatable bonds is 9. The number of fused-ring (bicyclic) bond motifs is 1. The normalized spacial score (nSPS) is 15.1. The molecule has 1 aliphatic heterocycles. The van der Waals surface area contributed by atoms with Crippen LogP contribution in [0.15, 0.2) is 57.5 Å². The summed E-state index contributed by atoms with van der Waals surface area (Å²) in [5.74, 6) is 0.273. The van der Waals surface area contributed by atoms with Crippen LogP contribution in [0.1, 0.15) is 31.0 Å². The lowest BCUT2D eigenvalue weighted by Crippen LogP contribution is -2.39. The molecule has 0 bridgehead atoms. The van der Waals surface area contributed by atoms with Gasteiger partial charge in [-0.25, -0.2) is 9.79 Å². The minimum absolute atomic E-state index is 0.0838. The molecule has 0 saturated carbocycles. The molecule has 4 rings (SSSR count).